The number of carbonyl (C=O) groups excluding carboxylic acids is 2. The van der Waals surface area contributed by atoms with Crippen molar-refractivity contribution in [3.8, 4) is 16.9 Å². The van der Waals surface area contributed by atoms with Crippen molar-refractivity contribution in [3.05, 3.63) is 102 Å². The van der Waals surface area contributed by atoms with Gasteiger partial charge in [-0.3, -0.25) is 9.59 Å². The first-order valence-electron chi connectivity index (χ1n) is 11.1. The van der Waals surface area contributed by atoms with Gasteiger partial charge < -0.3 is 10.2 Å². The second-order valence-corrected chi connectivity index (χ2v) is 8.03. The summed E-state index contributed by atoms with van der Waals surface area (Å²) in [5.41, 5.74) is 5.00. The first kappa shape index (κ1) is 20.7. The fraction of sp³-hybridized carbons (Fsp3) is 0.148. The van der Waals surface area contributed by atoms with E-state index >= 15 is 0 Å². The van der Waals surface area contributed by atoms with Gasteiger partial charge in [-0.15, -0.1) is 0 Å². The Morgan fingerprint density at radius 3 is 2.36 bits per heavy atom. The van der Waals surface area contributed by atoms with Crippen LogP contribution in [-0.2, 0) is 11.3 Å². The van der Waals surface area contributed by atoms with Crippen LogP contribution < -0.4 is 10.2 Å². The van der Waals surface area contributed by atoms with Gasteiger partial charge in [0.1, 0.15) is 0 Å². The summed E-state index contributed by atoms with van der Waals surface area (Å²) in [4.78, 5) is 26.8. The second kappa shape index (κ2) is 9.12. The number of nitrogens with one attached hydrogen (secondary N) is 1. The zero-order chi connectivity index (χ0) is 22.6. The number of nitrogens with zero attached hydrogens (tertiary/aromatic N) is 3. The quantitative estimate of drug-likeness (QED) is 0.481. The number of amides is 2. The minimum absolute atomic E-state index is 0.105. The molecule has 164 valence electrons. The molecule has 1 N–H and O–H groups in total. The molecule has 6 nitrogen and oxygen atoms in total. The summed E-state index contributed by atoms with van der Waals surface area (Å²) in [6.45, 7) is 1.03. The van der Waals surface area contributed by atoms with Gasteiger partial charge in [0.2, 0.25) is 5.91 Å². The molecule has 5 rings (SSSR count). The fourth-order valence-electron chi connectivity index (χ4n) is 4.10. The number of aromatic nitrogens is 2. The molecule has 2 amide bonds. The Morgan fingerprint density at radius 1 is 0.909 bits per heavy atom. The van der Waals surface area contributed by atoms with Crippen LogP contribution >= 0.6 is 0 Å². The highest BCUT2D eigenvalue weighted by Gasteiger charge is 2.22. The van der Waals surface area contributed by atoms with Gasteiger partial charge in [0.05, 0.1) is 11.4 Å². The molecule has 2 heterocycles. The van der Waals surface area contributed by atoms with Crippen molar-refractivity contribution in [3.63, 3.8) is 0 Å². The van der Waals surface area contributed by atoms with Crippen molar-refractivity contribution in [2.24, 2.45) is 0 Å². The van der Waals surface area contributed by atoms with E-state index in [2.05, 4.69) is 5.32 Å². The summed E-state index contributed by atoms with van der Waals surface area (Å²) in [6, 6.07) is 27.1. The van der Waals surface area contributed by atoms with Gasteiger partial charge in [0.25, 0.3) is 5.91 Å². The van der Waals surface area contributed by atoms with Crippen molar-refractivity contribution in [2.45, 2.75) is 19.4 Å². The molecule has 0 bridgehead atoms. The van der Waals surface area contributed by atoms with Crippen LogP contribution in [0.15, 0.2) is 91.1 Å². The molecule has 4 aromatic rings. The molecule has 0 unspecified atom stereocenters. The third-order valence-electron chi connectivity index (χ3n) is 5.79. The summed E-state index contributed by atoms with van der Waals surface area (Å²) in [5.74, 6) is -0.0802. The van der Waals surface area contributed by atoms with Crippen molar-refractivity contribution in [1.82, 2.24) is 15.1 Å². The van der Waals surface area contributed by atoms with E-state index in [9.17, 15) is 9.59 Å². The van der Waals surface area contributed by atoms with Crippen LogP contribution in [0.1, 0.15) is 28.8 Å². The van der Waals surface area contributed by atoms with Gasteiger partial charge in [0.15, 0.2) is 0 Å². The lowest BCUT2D eigenvalue weighted by atomic mass is 10.1. The summed E-state index contributed by atoms with van der Waals surface area (Å²) in [6.07, 6.45) is 3.37. The molecule has 0 radical (unpaired) electrons. The smallest absolute Gasteiger partial charge is 0.251 e. The molecule has 3 aromatic carbocycles. The van der Waals surface area contributed by atoms with Crippen molar-refractivity contribution in [1.29, 1.82) is 0 Å². The number of rotatable bonds is 6. The highest BCUT2D eigenvalue weighted by Crippen LogP contribution is 2.25. The van der Waals surface area contributed by atoms with E-state index in [0.29, 0.717) is 25.1 Å². The number of hydrogen-bond donors (Lipinski definition) is 1. The topological polar surface area (TPSA) is 67.2 Å². The predicted molar refractivity (Wildman–Crippen MR) is 128 cm³/mol. The van der Waals surface area contributed by atoms with Crippen LogP contribution in [0.2, 0.25) is 0 Å². The number of hydrogen-bond acceptors (Lipinski definition) is 3. The molecule has 0 spiro atoms. The Morgan fingerprint density at radius 2 is 1.64 bits per heavy atom. The summed E-state index contributed by atoms with van der Waals surface area (Å²) in [7, 11) is 0. The second-order valence-electron chi connectivity index (χ2n) is 8.03. The fourth-order valence-corrected chi connectivity index (χ4v) is 4.10. The molecule has 1 aromatic heterocycles. The Bertz CT molecular complexity index is 1280. The van der Waals surface area contributed by atoms with E-state index in [4.69, 9.17) is 5.10 Å². The van der Waals surface area contributed by atoms with Crippen LogP contribution in [0, 0.1) is 0 Å². The molecule has 0 atom stereocenters. The van der Waals surface area contributed by atoms with Crippen LogP contribution in [0.5, 0.6) is 0 Å². The normalized spacial score (nSPS) is 13.3. The lowest BCUT2D eigenvalue weighted by Crippen LogP contribution is -2.25. The van der Waals surface area contributed by atoms with Crippen molar-refractivity contribution >= 4 is 17.5 Å². The minimum Gasteiger partial charge on any atom is -0.348 e. The first-order chi connectivity index (χ1) is 16.2. The molecule has 0 saturated carbocycles. The van der Waals surface area contributed by atoms with Crippen LogP contribution in [0.3, 0.4) is 0 Å². The average Bonchev–Trinajstić information content (AvgIpc) is 3.50. The van der Waals surface area contributed by atoms with Crippen LogP contribution in [0.25, 0.3) is 16.9 Å². The van der Waals surface area contributed by atoms with E-state index in [0.717, 1.165) is 34.6 Å². The Kier molecular flexibility index (Phi) is 5.72. The van der Waals surface area contributed by atoms with Crippen molar-refractivity contribution < 1.29 is 9.59 Å². The highest BCUT2D eigenvalue weighted by atomic mass is 16.2. The Labute approximate surface area is 192 Å². The zero-order valence-electron chi connectivity index (χ0n) is 18.1. The maximum Gasteiger partial charge on any atom is 0.251 e. The Hall–Kier alpha value is -4.19. The van der Waals surface area contributed by atoms with Gasteiger partial charge in [0, 0.05) is 48.1 Å². The highest BCUT2D eigenvalue weighted by molar-refractivity contribution is 5.99. The maximum absolute atomic E-state index is 12.9. The summed E-state index contributed by atoms with van der Waals surface area (Å²) in [5, 5.41) is 7.82. The third kappa shape index (κ3) is 4.41. The van der Waals surface area contributed by atoms with Gasteiger partial charge >= 0.3 is 0 Å². The van der Waals surface area contributed by atoms with E-state index in [1.54, 1.807) is 17.0 Å². The molecular weight excluding hydrogens is 412 g/mol. The van der Waals surface area contributed by atoms with Crippen LogP contribution in [-0.4, -0.2) is 28.1 Å². The van der Waals surface area contributed by atoms with E-state index in [-0.39, 0.29) is 11.8 Å². The molecule has 1 aliphatic rings. The number of benzene rings is 3. The number of anilines is 1. The first-order valence-corrected chi connectivity index (χ1v) is 11.1. The minimum atomic E-state index is -0.185. The summed E-state index contributed by atoms with van der Waals surface area (Å²) >= 11 is 0. The van der Waals surface area contributed by atoms with Gasteiger partial charge in [-0.25, -0.2) is 4.68 Å². The SMILES string of the molecule is O=C(NCc1cn(-c2ccccc2)nc1-c1ccccc1)c1cccc(N2CCCC2=O)c1. The van der Waals surface area contributed by atoms with E-state index < -0.39 is 0 Å². The maximum atomic E-state index is 12.9. The zero-order valence-corrected chi connectivity index (χ0v) is 18.1. The molecule has 1 aliphatic heterocycles. The number of carbonyl (C=O) groups is 2. The molecule has 1 fully saturated rings. The Balaban J connectivity index is 1.38. The average molecular weight is 437 g/mol. The third-order valence-corrected chi connectivity index (χ3v) is 5.79. The predicted octanol–water partition coefficient (Wildman–Crippen LogP) is 4.60. The molecule has 6 heteroatoms. The molecule has 33 heavy (non-hydrogen) atoms. The van der Waals surface area contributed by atoms with E-state index in [1.807, 2.05) is 83.7 Å². The molecular formula is C27H24N4O2. The largest absolute Gasteiger partial charge is 0.348 e. The molecule has 1 saturated heterocycles. The lowest BCUT2D eigenvalue weighted by Gasteiger charge is -2.16. The van der Waals surface area contributed by atoms with E-state index in [1.165, 1.54) is 0 Å². The van der Waals surface area contributed by atoms with Gasteiger partial charge in [-0.1, -0.05) is 54.6 Å². The van der Waals surface area contributed by atoms with Gasteiger partial charge in [-0.05, 0) is 36.8 Å². The van der Waals surface area contributed by atoms with Crippen molar-refractivity contribution in [2.75, 3.05) is 11.4 Å². The van der Waals surface area contributed by atoms with Crippen LogP contribution in [0.4, 0.5) is 5.69 Å². The standard InChI is InChI=1S/C27H24N4O2/c32-25-15-8-16-30(25)24-14-7-11-21(17-24)27(33)28-18-22-19-31(23-12-5-2-6-13-23)29-26(22)20-9-3-1-4-10-20/h1-7,9-14,17,19H,8,15-16,18H2,(H,28,33). The number of para-hydroxylation sites is 1. The summed E-state index contributed by atoms with van der Waals surface area (Å²) < 4.78 is 1.84. The lowest BCUT2D eigenvalue weighted by molar-refractivity contribution is -0.117. The monoisotopic (exact) mass is 436 g/mol. The molecule has 0 aliphatic carbocycles. The van der Waals surface area contributed by atoms with Gasteiger partial charge in [-0.2, -0.15) is 5.10 Å².